The van der Waals surface area contributed by atoms with Crippen LogP contribution in [0.4, 0.5) is 0 Å². The Bertz CT molecular complexity index is 231. The molecule has 0 aromatic carbocycles. The summed E-state index contributed by atoms with van der Waals surface area (Å²) in [7, 11) is 0. The molecule has 18 heavy (non-hydrogen) atoms. The smallest absolute Gasteiger partial charge is 0.220 e. The molecular formula is C15H30N2O. The van der Waals surface area contributed by atoms with Crippen molar-refractivity contribution in [2.75, 3.05) is 6.54 Å². The van der Waals surface area contributed by atoms with Gasteiger partial charge >= 0.3 is 0 Å². The van der Waals surface area contributed by atoms with Crippen molar-refractivity contribution in [3.05, 3.63) is 0 Å². The van der Waals surface area contributed by atoms with E-state index in [1.165, 1.54) is 44.9 Å². The zero-order valence-corrected chi connectivity index (χ0v) is 11.9. The second-order valence-corrected chi connectivity index (χ2v) is 5.68. The van der Waals surface area contributed by atoms with Crippen LogP contribution in [0.1, 0.15) is 71.1 Å². The van der Waals surface area contributed by atoms with Gasteiger partial charge < -0.3 is 11.1 Å². The summed E-state index contributed by atoms with van der Waals surface area (Å²) in [6.45, 7) is 3.01. The second kappa shape index (κ2) is 9.37. The van der Waals surface area contributed by atoms with Crippen LogP contribution in [0.3, 0.4) is 0 Å². The summed E-state index contributed by atoms with van der Waals surface area (Å²) in [4.78, 5) is 11.6. The first-order valence-electron chi connectivity index (χ1n) is 7.76. The number of unbranched alkanes of at least 4 members (excludes halogenated alkanes) is 5. The van der Waals surface area contributed by atoms with Crippen LogP contribution in [0.2, 0.25) is 0 Å². The first-order chi connectivity index (χ1) is 8.74. The molecule has 1 amide bonds. The number of hydrogen-bond acceptors (Lipinski definition) is 2. The minimum Gasteiger partial charge on any atom is -0.356 e. The van der Waals surface area contributed by atoms with Crippen molar-refractivity contribution in [3.8, 4) is 0 Å². The average Bonchev–Trinajstić information content (AvgIpc) is 2.77. The van der Waals surface area contributed by atoms with Gasteiger partial charge in [0.15, 0.2) is 0 Å². The Morgan fingerprint density at radius 3 is 2.56 bits per heavy atom. The zero-order valence-electron chi connectivity index (χ0n) is 11.9. The van der Waals surface area contributed by atoms with Crippen LogP contribution in [0.15, 0.2) is 0 Å². The highest BCUT2D eigenvalue weighted by Crippen LogP contribution is 2.23. The number of amides is 1. The lowest BCUT2D eigenvalue weighted by Crippen LogP contribution is -2.35. The monoisotopic (exact) mass is 254 g/mol. The minimum atomic E-state index is 0.213. The van der Waals surface area contributed by atoms with Crippen molar-refractivity contribution in [2.45, 2.75) is 77.2 Å². The molecule has 0 aromatic heterocycles. The third-order valence-corrected chi connectivity index (χ3v) is 4.04. The number of hydrogen-bond donors (Lipinski definition) is 2. The summed E-state index contributed by atoms with van der Waals surface area (Å²) in [6.07, 6.45) is 11.6. The predicted molar refractivity (Wildman–Crippen MR) is 76.3 cm³/mol. The van der Waals surface area contributed by atoms with E-state index in [9.17, 15) is 4.79 Å². The Balaban J connectivity index is 1.94. The molecule has 106 valence electrons. The van der Waals surface area contributed by atoms with E-state index >= 15 is 0 Å². The molecule has 0 saturated heterocycles. The highest BCUT2D eigenvalue weighted by atomic mass is 16.1. The Morgan fingerprint density at radius 2 is 1.89 bits per heavy atom. The van der Waals surface area contributed by atoms with Crippen LogP contribution >= 0.6 is 0 Å². The van der Waals surface area contributed by atoms with Crippen molar-refractivity contribution in [1.29, 1.82) is 0 Å². The van der Waals surface area contributed by atoms with Gasteiger partial charge in [-0.2, -0.15) is 0 Å². The second-order valence-electron chi connectivity index (χ2n) is 5.68. The Morgan fingerprint density at radius 1 is 1.17 bits per heavy atom. The maximum atomic E-state index is 11.6. The van der Waals surface area contributed by atoms with E-state index in [1.807, 2.05) is 0 Å². The van der Waals surface area contributed by atoms with Crippen LogP contribution in [-0.2, 0) is 4.79 Å². The van der Waals surface area contributed by atoms with Crippen LogP contribution in [-0.4, -0.2) is 18.5 Å². The molecule has 2 unspecified atom stereocenters. The Kier molecular flexibility index (Phi) is 8.06. The molecule has 1 aliphatic carbocycles. The molecule has 0 radical (unpaired) electrons. The van der Waals surface area contributed by atoms with E-state index < -0.39 is 0 Å². The minimum absolute atomic E-state index is 0.213. The molecule has 3 nitrogen and oxygen atoms in total. The van der Waals surface area contributed by atoms with Crippen molar-refractivity contribution in [3.63, 3.8) is 0 Å². The van der Waals surface area contributed by atoms with Gasteiger partial charge in [0.25, 0.3) is 0 Å². The molecule has 1 fully saturated rings. The normalized spacial score (nSPS) is 23.2. The molecule has 1 rings (SSSR count). The molecular weight excluding hydrogens is 224 g/mol. The van der Waals surface area contributed by atoms with Gasteiger partial charge in [0, 0.05) is 19.0 Å². The zero-order chi connectivity index (χ0) is 13.2. The first kappa shape index (κ1) is 15.5. The number of carbonyl (C=O) groups is 1. The van der Waals surface area contributed by atoms with Gasteiger partial charge in [-0.15, -0.1) is 0 Å². The van der Waals surface area contributed by atoms with Gasteiger partial charge in [-0.1, -0.05) is 45.4 Å². The maximum absolute atomic E-state index is 11.6. The summed E-state index contributed by atoms with van der Waals surface area (Å²) < 4.78 is 0. The fourth-order valence-corrected chi connectivity index (χ4v) is 2.72. The lowest BCUT2D eigenvalue weighted by atomic mass is 10.0. The van der Waals surface area contributed by atoms with E-state index in [-0.39, 0.29) is 5.91 Å². The average molecular weight is 254 g/mol. The molecule has 0 bridgehead atoms. The predicted octanol–water partition coefficient (Wildman–Crippen LogP) is 2.98. The molecule has 0 aromatic rings. The third kappa shape index (κ3) is 6.39. The Hall–Kier alpha value is -0.570. The van der Waals surface area contributed by atoms with Gasteiger partial charge in [-0.3, -0.25) is 4.79 Å². The summed E-state index contributed by atoms with van der Waals surface area (Å²) in [5, 5.41) is 3.04. The standard InChI is InChI=1S/C15H30N2O/c1-2-3-4-5-6-7-11-15(18)17-12-13-9-8-10-14(13)16/h13-14H,2-12,16H2,1H3,(H,17,18). The summed E-state index contributed by atoms with van der Waals surface area (Å²) in [5.41, 5.74) is 5.98. The van der Waals surface area contributed by atoms with Gasteiger partial charge in [-0.05, 0) is 25.2 Å². The summed E-state index contributed by atoms with van der Waals surface area (Å²) in [5.74, 6) is 0.725. The van der Waals surface area contributed by atoms with Crippen LogP contribution in [0, 0.1) is 5.92 Å². The maximum Gasteiger partial charge on any atom is 0.220 e. The van der Waals surface area contributed by atoms with E-state index in [4.69, 9.17) is 5.73 Å². The lowest BCUT2D eigenvalue weighted by Gasteiger charge is -2.15. The number of rotatable bonds is 9. The fraction of sp³-hybridized carbons (Fsp3) is 0.933. The molecule has 2 atom stereocenters. The Labute approximate surface area is 112 Å². The van der Waals surface area contributed by atoms with Crippen molar-refractivity contribution in [2.24, 2.45) is 11.7 Å². The highest BCUT2D eigenvalue weighted by Gasteiger charge is 2.23. The van der Waals surface area contributed by atoms with E-state index in [2.05, 4.69) is 12.2 Å². The van der Waals surface area contributed by atoms with Crippen molar-refractivity contribution < 1.29 is 4.79 Å². The number of nitrogens with two attached hydrogens (primary N) is 1. The van der Waals surface area contributed by atoms with Crippen LogP contribution < -0.4 is 11.1 Å². The molecule has 0 heterocycles. The van der Waals surface area contributed by atoms with Crippen molar-refractivity contribution in [1.82, 2.24) is 5.32 Å². The van der Waals surface area contributed by atoms with E-state index in [1.54, 1.807) is 0 Å². The van der Waals surface area contributed by atoms with E-state index in [0.29, 0.717) is 18.4 Å². The van der Waals surface area contributed by atoms with Gasteiger partial charge in [0.2, 0.25) is 5.91 Å². The van der Waals surface area contributed by atoms with Gasteiger partial charge in [0.1, 0.15) is 0 Å². The largest absolute Gasteiger partial charge is 0.356 e. The first-order valence-corrected chi connectivity index (χ1v) is 7.76. The molecule has 0 spiro atoms. The van der Waals surface area contributed by atoms with Gasteiger partial charge in [-0.25, -0.2) is 0 Å². The molecule has 1 saturated carbocycles. The summed E-state index contributed by atoms with van der Waals surface area (Å²) >= 11 is 0. The lowest BCUT2D eigenvalue weighted by molar-refractivity contribution is -0.121. The molecule has 1 aliphatic rings. The molecule has 3 heteroatoms. The van der Waals surface area contributed by atoms with Crippen LogP contribution in [0.25, 0.3) is 0 Å². The third-order valence-electron chi connectivity index (χ3n) is 4.04. The number of carbonyl (C=O) groups excluding carboxylic acids is 1. The molecule has 3 N–H and O–H groups in total. The fourth-order valence-electron chi connectivity index (χ4n) is 2.72. The SMILES string of the molecule is CCCCCCCCC(=O)NCC1CCCC1N. The number of nitrogens with one attached hydrogen (secondary N) is 1. The van der Waals surface area contributed by atoms with Crippen LogP contribution in [0.5, 0.6) is 0 Å². The quantitative estimate of drug-likeness (QED) is 0.621. The molecule has 0 aliphatic heterocycles. The van der Waals surface area contributed by atoms with Crippen molar-refractivity contribution >= 4 is 5.91 Å². The summed E-state index contributed by atoms with van der Waals surface area (Å²) in [6, 6.07) is 0.305. The topological polar surface area (TPSA) is 55.1 Å². The van der Waals surface area contributed by atoms with Gasteiger partial charge in [0.05, 0.1) is 0 Å². The highest BCUT2D eigenvalue weighted by molar-refractivity contribution is 5.75. The van der Waals surface area contributed by atoms with E-state index in [0.717, 1.165) is 19.4 Å².